The maximum Gasteiger partial charge on any atom is 0.318 e. The fourth-order valence-corrected chi connectivity index (χ4v) is 3.32. The number of hydrogen-bond acceptors (Lipinski definition) is 4. The second-order valence-electron chi connectivity index (χ2n) is 4.26. The van der Waals surface area contributed by atoms with E-state index in [0.29, 0.717) is 6.61 Å². The zero-order valence-corrected chi connectivity index (χ0v) is 10.5. The lowest BCUT2D eigenvalue weighted by atomic mass is 9.99. The maximum atomic E-state index is 11.7. The molecule has 6 heteroatoms. The summed E-state index contributed by atoms with van der Waals surface area (Å²) in [6.07, 6.45) is 0.199. The lowest BCUT2D eigenvalue weighted by Crippen LogP contribution is -2.27. The van der Waals surface area contributed by atoms with Crippen LogP contribution in [0, 0.1) is 0 Å². The summed E-state index contributed by atoms with van der Waals surface area (Å²) in [5, 5.41) is 8.55. The van der Waals surface area contributed by atoms with Crippen LogP contribution in [0.2, 0.25) is 0 Å². The molecule has 0 bridgehead atoms. The average molecular weight is 270 g/mol. The van der Waals surface area contributed by atoms with Gasteiger partial charge in [0.15, 0.2) is 9.84 Å². The lowest BCUT2D eigenvalue weighted by Gasteiger charge is -2.25. The summed E-state index contributed by atoms with van der Waals surface area (Å²) in [5.74, 6) is -2.47. The second-order valence-corrected chi connectivity index (χ2v) is 6.37. The Morgan fingerprint density at radius 2 is 2.11 bits per heavy atom. The third kappa shape index (κ3) is 3.08. The normalized spacial score (nSPS) is 19.2. The molecule has 2 rings (SSSR count). The summed E-state index contributed by atoms with van der Waals surface area (Å²) >= 11 is 0. The predicted octanol–water partition coefficient (Wildman–Crippen LogP) is 0.800. The molecule has 1 N–H and O–H groups in total. The Bertz CT molecular complexity index is 549. The number of aliphatic carboxylic acids is 1. The molecule has 5 nitrogen and oxygen atoms in total. The van der Waals surface area contributed by atoms with Crippen molar-refractivity contribution < 1.29 is 23.1 Å². The topological polar surface area (TPSA) is 80.7 Å². The van der Waals surface area contributed by atoms with E-state index in [4.69, 9.17) is 9.84 Å². The van der Waals surface area contributed by atoms with Gasteiger partial charge in [0.2, 0.25) is 0 Å². The first kappa shape index (κ1) is 13.0. The van der Waals surface area contributed by atoms with Crippen molar-refractivity contribution in [1.29, 1.82) is 0 Å². The quantitative estimate of drug-likeness (QED) is 0.875. The standard InChI is InChI=1S/C12H14O5S/c13-12(14)8-18(15,16)7-11-10-4-2-1-3-9(10)5-6-17-11/h1-4,11H,5-8H2,(H,13,14). The van der Waals surface area contributed by atoms with Gasteiger partial charge in [-0.2, -0.15) is 0 Å². The van der Waals surface area contributed by atoms with E-state index in [0.717, 1.165) is 17.5 Å². The Hall–Kier alpha value is -1.40. The highest BCUT2D eigenvalue weighted by Gasteiger charge is 2.27. The minimum absolute atomic E-state index is 0.281. The van der Waals surface area contributed by atoms with Gasteiger partial charge in [0, 0.05) is 0 Å². The monoisotopic (exact) mass is 270 g/mol. The van der Waals surface area contributed by atoms with Crippen LogP contribution in [0.3, 0.4) is 0 Å². The van der Waals surface area contributed by atoms with Crippen LogP contribution in [0.5, 0.6) is 0 Å². The van der Waals surface area contributed by atoms with E-state index in [1.165, 1.54) is 0 Å². The predicted molar refractivity (Wildman–Crippen MR) is 65.1 cm³/mol. The number of benzene rings is 1. The van der Waals surface area contributed by atoms with E-state index in [-0.39, 0.29) is 5.75 Å². The zero-order chi connectivity index (χ0) is 13.2. The van der Waals surface area contributed by atoms with E-state index in [1.807, 2.05) is 24.3 Å². The van der Waals surface area contributed by atoms with Gasteiger partial charge in [0.25, 0.3) is 0 Å². The number of rotatable bonds is 4. The number of hydrogen-bond donors (Lipinski definition) is 1. The highest BCUT2D eigenvalue weighted by Crippen LogP contribution is 2.28. The van der Waals surface area contributed by atoms with Crippen LogP contribution in [0.1, 0.15) is 17.2 Å². The number of ether oxygens (including phenoxy) is 1. The molecule has 1 aromatic carbocycles. The molecule has 0 aromatic heterocycles. The molecule has 1 aliphatic heterocycles. The van der Waals surface area contributed by atoms with Crippen molar-refractivity contribution in [2.45, 2.75) is 12.5 Å². The summed E-state index contributed by atoms with van der Waals surface area (Å²) in [5.41, 5.74) is 1.91. The Labute approximate surface area is 105 Å². The molecule has 0 saturated heterocycles. The number of carboxylic acid groups (broad SMARTS) is 1. The van der Waals surface area contributed by atoms with E-state index in [1.54, 1.807) is 0 Å². The van der Waals surface area contributed by atoms with Crippen LogP contribution in [0.25, 0.3) is 0 Å². The molecule has 0 amide bonds. The van der Waals surface area contributed by atoms with Gasteiger partial charge >= 0.3 is 5.97 Å². The fourth-order valence-electron chi connectivity index (χ4n) is 2.09. The van der Waals surface area contributed by atoms with Crippen LogP contribution < -0.4 is 0 Å². The van der Waals surface area contributed by atoms with Crippen molar-refractivity contribution in [3.8, 4) is 0 Å². The number of carboxylic acids is 1. The molecule has 1 atom stereocenters. The largest absolute Gasteiger partial charge is 0.480 e. The van der Waals surface area contributed by atoms with Gasteiger partial charge in [0.05, 0.1) is 18.5 Å². The van der Waals surface area contributed by atoms with Gasteiger partial charge in [-0.15, -0.1) is 0 Å². The van der Waals surface area contributed by atoms with Crippen LogP contribution in [-0.2, 0) is 25.8 Å². The van der Waals surface area contributed by atoms with Crippen molar-refractivity contribution in [3.05, 3.63) is 35.4 Å². The third-order valence-corrected chi connectivity index (χ3v) is 4.34. The molecule has 0 fully saturated rings. The summed E-state index contributed by atoms with van der Waals surface area (Å²) < 4.78 is 28.8. The van der Waals surface area contributed by atoms with Gasteiger partial charge in [0.1, 0.15) is 5.75 Å². The van der Waals surface area contributed by atoms with E-state index in [2.05, 4.69) is 0 Å². The third-order valence-electron chi connectivity index (χ3n) is 2.84. The maximum absolute atomic E-state index is 11.7. The smallest absolute Gasteiger partial charge is 0.318 e. The molecule has 0 radical (unpaired) electrons. The first-order valence-corrected chi connectivity index (χ1v) is 7.42. The minimum Gasteiger partial charge on any atom is -0.480 e. The van der Waals surface area contributed by atoms with E-state index >= 15 is 0 Å². The molecule has 1 aromatic rings. The number of fused-ring (bicyclic) bond motifs is 1. The summed E-state index contributed by atoms with van der Waals surface area (Å²) in [6.45, 7) is 0.463. The summed E-state index contributed by atoms with van der Waals surface area (Å²) in [4.78, 5) is 10.5. The molecule has 0 spiro atoms. The first-order chi connectivity index (χ1) is 8.48. The van der Waals surface area contributed by atoms with Gasteiger partial charge < -0.3 is 9.84 Å². The number of sulfone groups is 1. The van der Waals surface area contributed by atoms with Crippen molar-refractivity contribution in [3.63, 3.8) is 0 Å². The minimum atomic E-state index is -3.65. The fraction of sp³-hybridized carbons (Fsp3) is 0.417. The average Bonchev–Trinajstić information content (AvgIpc) is 2.27. The molecule has 1 heterocycles. The van der Waals surface area contributed by atoms with Crippen molar-refractivity contribution >= 4 is 15.8 Å². The molecule has 0 aliphatic carbocycles. The molecule has 1 aliphatic rings. The summed E-state index contributed by atoms with van der Waals surface area (Å²) in [6, 6.07) is 7.49. The Morgan fingerprint density at radius 1 is 1.39 bits per heavy atom. The van der Waals surface area contributed by atoms with Crippen molar-refractivity contribution in [2.24, 2.45) is 0 Å². The molecular formula is C12H14O5S. The van der Waals surface area contributed by atoms with Crippen molar-refractivity contribution in [1.82, 2.24) is 0 Å². The van der Waals surface area contributed by atoms with Crippen LogP contribution >= 0.6 is 0 Å². The highest BCUT2D eigenvalue weighted by atomic mass is 32.2. The Morgan fingerprint density at radius 3 is 2.83 bits per heavy atom. The highest BCUT2D eigenvalue weighted by molar-refractivity contribution is 7.92. The van der Waals surface area contributed by atoms with Crippen LogP contribution in [0.15, 0.2) is 24.3 Å². The summed E-state index contributed by atoms with van der Waals surface area (Å²) in [7, 11) is -3.65. The van der Waals surface area contributed by atoms with E-state index in [9.17, 15) is 13.2 Å². The molecule has 1 unspecified atom stereocenters. The Kier molecular flexibility index (Phi) is 3.68. The van der Waals surface area contributed by atoms with Gasteiger partial charge in [-0.1, -0.05) is 24.3 Å². The van der Waals surface area contributed by atoms with Crippen LogP contribution in [0.4, 0.5) is 0 Å². The SMILES string of the molecule is O=C(O)CS(=O)(=O)CC1OCCc2ccccc21. The van der Waals surface area contributed by atoms with Crippen molar-refractivity contribution in [2.75, 3.05) is 18.1 Å². The molecule has 0 saturated carbocycles. The van der Waals surface area contributed by atoms with Gasteiger partial charge in [-0.05, 0) is 17.5 Å². The van der Waals surface area contributed by atoms with Gasteiger partial charge in [-0.3, -0.25) is 4.79 Å². The molecule has 18 heavy (non-hydrogen) atoms. The van der Waals surface area contributed by atoms with Crippen LogP contribution in [-0.4, -0.2) is 37.6 Å². The molecule has 98 valence electrons. The zero-order valence-electron chi connectivity index (χ0n) is 9.70. The van der Waals surface area contributed by atoms with E-state index < -0.39 is 27.7 Å². The first-order valence-electron chi connectivity index (χ1n) is 5.59. The molecular weight excluding hydrogens is 256 g/mol. The number of carbonyl (C=O) groups is 1. The lowest BCUT2D eigenvalue weighted by molar-refractivity contribution is -0.134. The van der Waals surface area contributed by atoms with Gasteiger partial charge in [-0.25, -0.2) is 8.42 Å². The Balaban J connectivity index is 2.19. The second kappa shape index (κ2) is 5.07.